The summed E-state index contributed by atoms with van der Waals surface area (Å²) in [4.78, 5) is 39.8. The summed E-state index contributed by atoms with van der Waals surface area (Å²) in [6.07, 6.45) is -7.22. The number of hydrogen-bond donors (Lipinski definition) is 2. The van der Waals surface area contributed by atoms with Crippen LogP contribution in [-0.4, -0.2) is 75.5 Å². The van der Waals surface area contributed by atoms with Crippen molar-refractivity contribution < 1.29 is 36.0 Å². The molecule has 0 spiro atoms. The maximum absolute atomic E-state index is 13.1. The Morgan fingerprint density at radius 3 is 2.30 bits per heavy atom. The number of H-pyrrole nitrogens is 1. The van der Waals surface area contributed by atoms with Crippen molar-refractivity contribution in [2.24, 2.45) is 5.16 Å². The molecule has 0 saturated carbocycles. The summed E-state index contributed by atoms with van der Waals surface area (Å²) in [5.74, 6) is -0.341. The van der Waals surface area contributed by atoms with E-state index in [0.717, 1.165) is 6.20 Å². The number of carbonyl (C=O) groups is 1. The van der Waals surface area contributed by atoms with Crippen LogP contribution in [0.2, 0.25) is 0 Å². The first-order valence-corrected chi connectivity index (χ1v) is 10.8. The highest BCUT2D eigenvalue weighted by atomic mass is 19.4. The van der Waals surface area contributed by atoms with Gasteiger partial charge in [0.05, 0.1) is 23.5 Å². The van der Waals surface area contributed by atoms with E-state index in [4.69, 9.17) is 4.84 Å². The first kappa shape index (κ1) is 27.7. The maximum Gasteiger partial charge on any atom is 0.423 e. The highest BCUT2D eigenvalue weighted by Crippen LogP contribution is 2.31. The molecule has 0 aliphatic carbocycles. The van der Waals surface area contributed by atoms with Crippen LogP contribution in [0.3, 0.4) is 0 Å². The van der Waals surface area contributed by atoms with Crippen LogP contribution in [0.25, 0.3) is 0 Å². The molecule has 1 aliphatic heterocycles. The molecule has 1 atom stereocenters. The Morgan fingerprint density at radius 1 is 1.11 bits per heavy atom. The van der Waals surface area contributed by atoms with E-state index in [9.17, 15) is 35.9 Å². The highest BCUT2D eigenvalue weighted by Gasteiger charge is 2.37. The molecular weight excluding hydrogens is 514 g/mol. The van der Waals surface area contributed by atoms with Crippen molar-refractivity contribution >= 4 is 23.3 Å². The normalized spacial score (nSPS) is 15.9. The van der Waals surface area contributed by atoms with Crippen LogP contribution in [0.5, 0.6) is 0 Å². The largest absolute Gasteiger partial charge is 0.423 e. The van der Waals surface area contributed by atoms with Crippen molar-refractivity contribution in [2.45, 2.75) is 32.2 Å². The Hall–Kier alpha value is -3.92. The summed E-state index contributed by atoms with van der Waals surface area (Å²) in [5, 5.41) is 11.3. The third-order valence-corrected chi connectivity index (χ3v) is 5.19. The molecule has 0 aromatic carbocycles. The van der Waals surface area contributed by atoms with Crippen LogP contribution in [0.4, 0.5) is 38.0 Å². The van der Waals surface area contributed by atoms with Crippen molar-refractivity contribution in [2.75, 3.05) is 43.0 Å². The second-order valence-corrected chi connectivity index (χ2v) is 8.05. The molecule has 11 nitrogen and oxygen atoms in total. The fraction of sp³-hybridized carbons (Fsp3) is 0.500. The lowest BCUT2D eigenvalue weighted by Gasteiger charge is -2.34. The van der Waals surface area contributed by atoms with E-state index >= 15 is 0 Å². The highest BCUT2D eigenvalue weighted by molar-refractivity contribution is 6.37. The van der Waals surface area contributed by atoms with Crippen molar-refractivity contribution in [3.8, 4) is 0 Å². The van der Waals surface area contributed by atoms with Gasteiger partial charge in [0.2, 0.25) is 5.95 Å². The summed E-state index contributed by atoms with van der Waals surface area (Å²) >= 11 is 0. The molecule has 1 amide bonds. The summed E-state index contributed by atoms with van der Waals surface area (Å²) in [7, 11) is 0. The van der Waals surface area contributed by atoms with Gasteiger partial charge in [-0.1, -0.05) is 5.16 Å². The molecule has 2 N–H and O–H groups in total. The molecule has 2 aromatic rings. The van der Waals surface area contributed by atoms with Crippen LogP contribution in [0.1, 0.15) is 25.0 Å². The minimum absolute atomic E-state index is 0.0137. The van der Waals surface area contributed by atoms with Crippen LogP contribution >= 0.6 is 0 Å². The van der Waals surface area contributed by atoms with Gasteiger partial charge in [-0.15, -0.1) is 0 Å². The Morgan fingerprint density at radius 2 is 1.73 bits per heavy atom. The van der Waals surface area contributed by atoms with Crippen LogP contribution < -0.4 is 15.8 Å². The van der Waals surface area contributed by atoms with E-state index in [-0.39, 0.29) is 44.4 Å². The molecule has 1 unspecified atom stereocenters. The van der Waals surface area contributed by atoms with Crippen LogP contribution in [0, 0.1) is 0 Å². The molecule has 3 heterocycles. The van der Waals surface area contributed by atoms with Crippen molar-refractivity contribution in [3.63, 3.8) is 0 Å². The van der Waals surface area contributed by atoms with Gasteiger partial charge in [0.25, 0.3) is 11.5 Å². The number of hydrogen-bond acceptors (Lipinski definition) is 9. The van der Waals surface area contributed by atoms with E-state index < -0.39 is 46.7 Å². The molecular formula is C20H22F6N8O3. The Balaban J connectivity index is 1.50. The third kappa shape index (κ3) is 7.07. The molecule has 1 aliphatic rings. The number of anilines is 2. The SMILES string of the molecule is C/C(=N\OCC(C)Nc1cn[nH]c(=O)c1C(F)(F)F)C(=O)N1CCN(c2ncc(C(F)(F)F)cn2)CC1. The summed E-state index contributed by atoms with van der Waals surface area (Å²) < 4.78 is 77.4. The number of piperazine rings is 1. The monoisotopic (exact) mass is 536 g/mol. The van der Waals surface area contributed by atoms with E-state index in [2.05, 4.69) is 25.5 Å². The average Bonchev–Trinajstić information content (AvgIpc) is 2.82. The van der Waals surface area contributed by atoms with E-state index in [1.54, 1.807) is 10.00 Å². The molecule has 0 radical (unpaired) electrons. The molecule has 1 saturated heterocycles. The molecule has 202 valence electrons. The second kappa shape index (κ2) is 11.0. The lowest BCUT2D eigenvalue weighted by Crippen LogP contribution is -2.50. The number of aromatic nitrogens is 4. The minimum Gasteiger partial charge on any atom is -0.393 e. The molecule has 37 heavy (non-hydrogen) atoms. The molecule has 0 bridgehead atoms. The number of oxime groups is 1. The Kier molecular flexibility index (Phi) is 8.22. The van der Waals surface area contributed by atoms with Crippen molar-refractivity contribution in [3.05, 3.63) is 40.1 Å². The quantitative estimate of drug-likeness (QED) is 0.313. The van der Waals surface area contributed by atoms with Crippen LogP contribution in [-0.2, 0) is 22.0 Å². The predicted molar refractivity (Wildman–Crippen MR) is 118 cm³/mol. The standard InChI is InChI=1S/C20H22F6N8O3/c1-11(30-14-9-29-31-16(35)15(14)20(24,25)26)10-37-32-12(2)17(36)33-3-5-34(6-4-33)18-27-7-13(8-28-18)19(21,22)23/h7-9,11H,3-6,10H2,1-2H3,(H2,30,31,35)/b32-12+. The fourth-order valence-electron chi connectivity index (χ4n) is 3.35. The number of amides is 1. The van der Waals surface area contributed by atoms with Gasteiger partial charge in [-0.25, -0.2) is 15.1 Å². The van der Waals surface area contributed by atoms with Gasteiger partial charge in [0.1, 0.15) is 17.9 Å². The number of halogens is 6. The van der Waals surface area contributed by atoms with Crippen molar-refractivity contribution in [1.29, 1.82) is 0 Å². The van der Waals surface area contributed by atoms with E-state index in [0.29, 0.717) is 12.4 Å². The lowest BCUT2D eigenvalue weighted by molar-refractivity contribution is -0.139. The number of carbonyl (C=O) groups excluding carboxylic acids is 1. The number of rotatable bonds is 7. The minimum atomic E-state index is -4.90. The van der Waals surface area contributed by atoms with Gasteiger partial charge in [0.15, 0.2) is 0 Å². The topological polar surface area (TPSA) is 129 Å². The third-order valence-electron chi connectivity index (χ3n) is 5.19. The molecule has 17 heteroatoms. The van der Waals surface area contributed by atoms with Crippen molar-refractivity contribution in [1.82, 2.24) is 25.1 Å². The van der Waals surface area contributed by atoms with E-state index in [1.807, 2.05) is 0 Å². The van der Waals surface area contributed by atoms with Crippen LogP contribution in [0.15, 0.2) is 28.5 Å². The van der Waals surface area contributed by atoms with Gasteiger partial charge in [-0.3, -0.25) is 9.59 Å². The number of alkyl halides is 6. The summed E-state index contributed by atoms with van der Waals surface area (Å²) in [5.41, 5.74) is -4.32. The van der Waals surface area contributed by atoms with Gasteiger partial charge < -0.3 is 20.0 Å². The zero-order valence-corrected chi connectivity index (χ0v) is 19.5. The Labute approximate surface area is 205 Å². The number of nitrogens with zero attached hydrogens (tertiary/aromatic N) is 6. The number of nitrogens with one attached hydrogen (secondary N) is 2. The zero-order valence-electron chi connectivity index (χ0n) is 19.5. The second-order valence-electron chi connectivity index (χ2n) is 8.05. The lowest BCUT2D eigenvalue weighted by atomic mass is 10.2. The van der Waals surface area contributed by atoms with Gasteiger partial charge in [0, 0.05) is 38.6 Å². The summed E-state index contributed by atoms with van der Waals surface area (Å²) in [6.45, 7) is 3.65. The maximum atomic E-state index is 13.1. The summed E-state index contributed by atoms with van der Waals surface area (Å²) in [6, 6.07) is -0.733. The van der Waals surface area contributed by atoms with Gasteiger partial charge >= 0.3 is 12.4 Å². The van der Waals surface area contributed by atoms with Gasteiger partial charge in [-0.05, 0) is 13.8 Å². The zero-order chi connectivity index (χ0) is 27.4. The molecule has 3 rings (SSSR count). The smallest absolute Gasteiger partial charge is 0.393 e. The predicted octanol–water partition coefficient (Wildman–Crippen LogP) is 2.14. The number of aromatic amines is 1. The van der Waals surface area contributed by atoms with Gasteiger partial charge in [-0.2, -0.15) is 31.4 Å². The Bertz CT molecular complexity index is 1170. The molecule has 1 fully saturated rings. The first-order valence-electron chi connectivity index (χ1n) is 10.8. The van der Waals surface area contributed by atoms with E-state index in [1.165, 1.54) is 18.7 Å². The molecule has 2 aromatic heterocycles. The average molecular weight is 536 g/mol. The first-order chi connectivity index (χ1) is 17.3. The fourth-order valence-corrected chi connectivity index (χ4v) is 3.35.